The third-order valence-corrected chi connectivity index (χ3v) is 7.49. The van der Waals surface area contributed by atoms with Gasteiger partial charge in [0.2, 0.25) is 0 Å². The number of hydrogen-bond acceptors (Lipinski definition) is 6. The molecule has 1 fully saturated rings. The number of nitrogens with one attached hydrogen (secondary N) is 1. The van der Waals surface area contributed by atoms with Gasteiger partial charge in [0.15, 0.2) is 5.82 Å². The number of aromatic nitrogens is 6. The summed E-state index contributed by atoms with van der Waals surface area (Å²) in [6.07, 6.45) is 2.14. The minimum Gasteiger partial charge on any atom is -0.296 e. The first-order valence-electron chi connectivity index (χ1n) is 11.2. The molecule has 8 nitrogen and oxygen atoms in total. The predicted octanol–water partition coefficient (Wildman–Crippen LogP) is 3.57. The summed E-state index contributed by atoms with van der Waals surface area (Å²) < 4.78 is 2.13. The number of aromatic amines is 1. The number of hydrogen-bond donors (Lipinski definition) is 1. The van der Waals surface area contributed by atoms with Gasteiger partial charge >= 0.3 is 0 Å². The van der Waals surface area contributed by atoms with E-state index in [9.17, 15) is 4.79 Å². The number of benzene rings is 2. The molecule has 0 amide bonds. The second-order valence-electron chi connectivity index (χ2n) is 9.49. The predicted molar refractivity (Wildman–Crippen MR) is 126 cm³/mol. The Bertz CT molecular complexity index is 1420. The molecular formula is C24H24ClN7O. The van der Waals surface area contributed by atoms with E-state index in [4.69, 9.17) is 11.6 Å². The van der Waals surface area contributed by atoms with Crippen LogP contribution >= 0.6 is 11.6 Å². The van der Waals surface area contributed by atoms with E-state index in [2.05, 4.69) is 67.1 Å². The van der Waals surface area contributed by atoms with Crippen LogP contribution in [-0.4, -0.2) is 48.2 Å². The summed E-state index contributed by atoms with van der Waals surface area (Å²) in [6, 6.07) is 12.4. The molecule has 0 bridgehead atoms. The van der Waals surface area contributed by atoms with Gasteiger partial charge in [-0.15, -0.1) is 10.2 Å². The van der Waals surface area contributed by atoms with Crippen LogP contribution in [0.1, 0.15) is 55.4 Å². The number of nitrogens with zero attached hydrogens (tertiary/aromatic N) is 6. The Balaban J connectivity index is 1.37. The van der Waals surface area contributed by atoms with Crippen LogP contribution in [0.4, 0.5) is 0 Å². The lowest BCUT2D eigenvalue weighted by Gasteiger charge is -2.31. The average molecular weight is 462 g/mol. The number of H-pyrrole nitrogens is 1. The van der Waals surface area contributed by atoms with Crippen LogP contribution in [-0.2, 0) is 12.0 Å². The Labute approximate surface area is 195 Å². The van der Waals surface area contributed by atoms with Gasteiger partial charge in [0.05, 0.1) is 33.6 Å². The Hall–Kier alpha value is -3.10. The van der Waals surface area contributed by atoms with Gasteiger partial charge in [-0.2, -0.15) is 10.2 Å². The molecule has 4 heterocycles. The van der Waals surface area contributed by atoms with Crippen molar-refractivity contribution in [2.75, 3.05) is 13.1 Å². The van der Waals surface area contributed by atoms with Gasteiger partial charge < -0.3 is 0 Å². The maximum Gasteiger partial charge on any atom is 0.282 e. The van der Waals surface area contributed by atoms with E-state index in [0.717, 1.165) is 55.3 Å². The van der Waals surface area contributed by atoms with Gasteiger partial charge in [-0.05, 0) is 75.0 Å². The molecule has 33 heavy (non-hydrogen) atoms. The highest BCUT2D eigenvalue weighted by Crippen LogP contribution is 2.44. The molecule has 0 radical (unpaired) electrons. The third-order valence-electron chi connectivity index (χ3n) is 7.17. The standard InChI is InChI=1S/C24H24ClN7O/c1-24(2)16-7-6-15(14-8-10-31(11-9-14)13-20-27-29-30-28-20)12-19(16)32-18-5-3-4-17(25)21(18)22(33)26-23(24)32/h3-7,12,14H,8-11,13H2,1-2H3,(H,27,28,29,30). The highest BCUT2D eigenvalue weighted by molar-refractivity contribution is 6.35. The Kier molecular flexibility index (Phi) is 4.64. The lowest BCUT2D eigenvalue weighted by molar-refractivity contribution is 0.200. The van der Waals surface area contributed by atoms with Crippen molar-refractivity contribution in [2.45, 2.75) is 44.6 Å². The molecule has 2 aliphatic rings. The fourth-order valence-corrected chi connectivity index (χ4v) is 5.65. The smallest absolute Gasteiger partial charge is 0.282 e. The Morgan fingerprint density at radius 1 is 1.18 bits per heavy atom. The van der Waals surface area contributed by atoms with Crippen molar-refractivity contribution in [1.29, 1.82) is 0 Å². The second-order valence-corrected chi connectivity index (χ2v) is 9.90. The minimum atomic E-state index is -0.364. The van der Waals surface area contributed by atoms with E-state index in [1.54, 1.807) is 6.07 Å². The maximum atomic E-state index is 12.8. The van der Waals surface area contributed by atoms with E-state index in [1.165, 1.54) is 11.1 Å². The molecule has 4 aromatic rings. The van der Waals surface area contributed by atoms with Crippen molar-refractivity contribution in [3.8, 4) is 5.69 Å². The van der Waals surface area contributed by atoms with E-state index in [1.807, 2.05) is 12.1 Å². The minimum absolute atomic E-state index is 0.267. The van der Waals surface area contributed by atoms with E-state index < -0.39 is 0 Å². The van der Waals surface area contributed by atoms with Gasteiger partial charge in [0.25, 0.3) is 5.56 Å². The molecule has 0 aliphatic carbocycles. The van der Waals surface area contributed by atoms with Crippen molar-refractivity contribution < 1.29 is 0 Å². The number of fused-ring (bicyclic) bond motifs is 5. The largest absolute Gasteiger partial charge is 0.296 e. The fourth-order valence-electron chi connectivity index (χ4n) is 5.40. The van der Waals surface area contributed by atoms with Crippen LogP contribution in [0.2, 0.25) is 5.02 Å². The molecule has 1 N–H and O–H groups in total. The van der Waals surface area contributed by atoms with Crippen LogP contribution in [0.5, 0.6) is 0 Å². The SMILES string of the molecule is CC1(C)c2ccc(C3CCN(Cc4nn[nH]n4)CC3)cc2-n2c1nc(=O)c1c(Cl)cccc12. The molecule has 0 spiro atoms. The monoisotopic (exact) mass is 461 g/mol. The molecule has 0 saturated carbocycles. The van der Waals surface area contributed by atoms with Crippen molar-refractivity contribution >= 4 is 22.5 Å². The lowest BCUT2D eigenvalue weighted by Crippen LogP contribution is -2.32. The molecule has 2 aromatic heterocycles. The number of piperidine rings is 1. The first-order valence-corrected chi connectivity index (χ1v) is 11.6. The van der Waals surface area contributed by atoms with E-state index in [0.29, 0.717) is 16.3 Å². The zero-order valence-corrected chi connectivity index (χ0v) is 19.3. The lowest BCUT2D eigenvalue weighted by atomic mass is 9.83. The quantitative estimate of drug-likeness (QED) is 0.501. The summed E-state index contributed by atoms with van der Waals surface area (Å²) >= 11 is 6.41. The molecule has 9 heteroatoms. The first kappa shape index (κ1) is 20.5. The summed E-state index contributed by atoms with van der Waals surface area (Å²) in [6.45, 7) is 6.96. The van der Waals surface area contributed by atoms with Crippen molar-refractivity contribution in [1.82, 2.24) is 35.1 Å². The molecular weight excluding hydrogens is 438 g/mol. The van der Waals surface area contributed by atoms with Crippen LogP contribution in [0.3, 0.4) is 0 Å². The normalized spacial score (nSPS) is 17.9. The second kappa shape index (κ2) is 7.46. The summed E-state index contributed by atoms with van der Waals surface area (Å²) in [5.74, 6) is 1.98. The summed E-state index contributed by atoms with van der Waals surface area (Å²) in [7, 11) is 0. The molecule has 168 valence electrons. The number of halogens is 1. The van der Waals surface area contributed by atoms with Crippen LogP contribution in [0.15, 0.2) is 41.2 Å². The third kappa shape index (κ3) is 3.20. The summed E-state index contributed by atoms with van der Waals surface area (Å²) in [4.78, 5) is 19.7. The topological polar surface area (TPSA) is 92.6 Å². The zero-order chi connectivity index (χ0) is 22.7. The molecule has 2 aromatic carbocycles. The fraction of sp³-hybridized carbons (Fsp3) is 0.375. The Morgan fingerprint density at radius 2 is 2.00 bits per heavy atom. The molecule has 2 aliphatic heterocycles. The number of tetrazole rings is 1. The van der Waals surface area contributed by atoms with Crippen LogP contribution < -0.4 is 5.56 Å². The summed E-state index contributed by atoms with van der Waals surface area (Å²) in [5, 5.41) is 15.2. The molecule has 0 unspecified atom stereocenters. The van der Waals surface area contributed by atoms with Crippen molar-refractivity contribution in [3.63, 3.8) is 0 Å². The van der Waals surface area contributed by atoms with Gasteiger partial charge in [0, 0.05) is 0 Å². The van der Waals surface area contributed by atoms with Gasteiger partial charge in [-0.25, -0.2) is 0 Å². The van der Waals surface area contributed by atoms with Crippen molar-refractivity contribution in [3.05, 3.63) is 74.6 Å². The van der Waals surface area contributed by atoms with Crippen LogP contribution in [0.25, 0.3) is 16.6 Å². The zero-order valence-electron chi connectivity index (χ0n) is 18.5. The summed E-state index contributed by atoms with van der Waals surface area (Å²) in [5.41, 5.74) is 3.79. The van der Waals surface area contributed by atoms with Crippen molar-refractivity contribution in [2.24, 2.45) is 0 Å². The maximum absolute atomic E-state index is 12.8. The van der Waals surface area contributed by atoms with E-state index in [-0.39, 0.29) is 11.0 Å². The number of rotatable bonds is 3. The van der Waals surface area contributed by atoms with E-state index >= 15 is 0 Å². The molecule has 1 saturated heterocycles. The highest BCUT2D eigenvalue weighted by atomic mass is 35.5. The van der Waals surface area contributed by atoms with Gasteiger partial charge in [-0.3, -0.25) is 14.3 Å². The Morgan fingerprint density at radius 3 is 2.76 bits per heavy atom. The number of likely N-dealkylation sites (tertiary alicyclic amines) is 1. The van der Waals surface area contributed by atoms with Crippen LogP contribution in [0, 0.1) is 0 Å². The average Bonchev–Trinajstić information content (AvgIpc) is 3.39. The van der Waals surface area contributed by atoms with Gasteiger partial charge in [0.1, 0.15) is 5.82 Å². The molecule has 6 rings (SSSR count). The molecule has 0 atom stereocenters. The first-order chi connectivity index (χ1) is 15.9. The van der Waals surface area contributed by atoms with Gasteiger partial charge in [-0.1, -0.05) is 35.0 Å². The highest BCUT2D eigenvalue weighted by Gasteiger charge is 2.39.